The molecule has 0 unspecified atom stereocenters. The van der Waals surface area contributed by atoms with Crippen LogP contribution >= 0.6 is 23.2 Å². The van der Waals surface area contributed by atoms with Crippen molar-refractivity contribution >= 4 is 41.0 Å². The number of carbonyl (C=O) groups excluding carboxylic acids is 2. The lowest BCUT2D eigenvalue weighted by molar-refractivity contribution is -0.137. The summed E-state index contributed by atoms with van der Waals surface area (Å²) in [4.78, 5) is 27.2. The fraction of sp³-hybridized carbons (Fsp3) is 0.0714. The van der Waals surface area contributed by atoms with Crippen LogP contribution in [-0.2, 0) is 6.18 Å². The maximum absolute atomic E-state index is 12.8. The SMILES string of the molecule is O=C(NC(=O)c1c(Cl)cccc1Cl)Nc1ncccc1C(F)(F)F. The predicted octanol–water partition coefficient (Wildman–Crippen LogP) is 4.37. The third-order valence-electron chi connectivity index (χ3n) is 2.76. The van der Waals surface area contributed by atoms with E-state index in [2.05, 4.69) is 4.98 Å². The van der Waals surface area contributed by atoms with Crippen LogP contribution in [0.5, 0.6) is 0 Å². The molecule has 2 rings (SSSR count). The van der Waals surface area contributed by atoms with E-state index in [-0.39, 0.29) is 15.6 Å². The molecule has 0 radical (unpaired) electrons. The molecule has 2 aromatic rings. The second kappa shape index (κ2) is 7.06. The van der Waals surface area contributed by atoms with Gasteiger partial charge < -0.3 is 0 Å². The zero-order valence-electron chi connectivity index (χ0n) is 11.6. The zero-order valence-corrected chi connectivity index (χ0v) is 13.1. The molecule has 0 aliphatic rings. The monoisotopic (exact) mass is 377 g/mol. The fourth-order valence-electron chi connectivity index (χ4n) is 1.75. The molecule has 1 aromatic heterocycles. The Labute approximate surface area is 143 Å². The summed E-state index contributed by atoms with van der Waals surface area (Å²) in [5.41, 5.74) is -1.32. The normalized spacial score (nSPS) is 11.0. The number of aromatic nitrogens is 1. The van der Waals surface area contributed by atoms with Gasteiger partial charge in [-0.1, -0.05) is 29.3 Å². The molecule has 3 amide bonds. The van der Waals surface area contributed by atoms with Crippen molar-refractivity contribution in [3.63, 3.8) is 0 Å². The van der Waals surface area contributed by atoms with Gasteiger partial charge in [-0.2, -0.15) is 13.2 Å². The molecule has 0 bridgehead atoms. The molecule has 2 N–H and O–H groups in total. The highest BCUT2D eigenvalue weighted by atomic mass is 35.5. The molecule has 5 nitrogen and oxygen atoms in total. The van der Waals surface area contributed by atoms with Crippen molar-refractivity contribution in [2.24, 2.45) is 0 Å². The number of hydrogen-bond acceptors (Lipinski definition) is 3. The van der Waals surface area contributed by atoms with Gasteiger partial charge in [0.1, 0.15) is 5.82 Å². The second-order valence-corrected chi connectivity index (χ2v) is 5.22. The number of halogens is 5. The average Bonchev–Trinajstić information content (AvgIpc) is 2.46. The van der Waals surface area contributed by atoms with Gasteiger partial charge in [0, 0.05) is 6.20 Å². The van der Waals surface area contributed by atoms with Crippen LogP contribution in [0.3, 0.4) is 0 Å². The van der Waals surface area contributed by atoms with Crippen molar-refractivity contribution in [2.45, 2.75) is 6.18 Å². The highest BCUT2D eigenvalue weighted by Crippen LogP contribution is 2.33. The van der Waals surface area contributed by atoms with E-state index in [0.717, 1.165) is 18.3 Å². The lowest BCUT2D eigenvalue weighted by atomic mass is 10.2. The molecule has 24 heavy (non-hydrogen) atoms. The van der Waals surface area contributed by atoms with Crippen LogP contribution in [0.1, 0.15) is 15.9 Å². The van der Waals surface area contributed by atoms with Gasteiger partial charge in [-0.25, -0.2) is 9.78 Å². The first-order valence-electron chi connectivity index (χ1n) is 6.28. The molecule has 10 heteroatoms. The Bertz CT molecular complexity index is 777. The molecule has 0 fully saturated rings. The maximum atomic E-state index is 12.8. The molecule has 1 aromatic carbocycles. The number of imide groups is 1. The third kappa shape index (κ3) is 4.15. The van der Waals surface area contributed by atoms with Crippen molar-refractivity contribution in [1.82, 2.24) is 10.3 Å². The van der Waals surface area contributed by atoms with E-state index in [9.17, 15) is 22.8 Å². The van der Waals surface area contributed by atoms with Crippen molar-refractivity contribution in [1.29, 1.82) is 0 Å². The number of rotatable bonds is 2. The molecule has 0 saturated carbocycles. The molecule has 0 aliphatic heterocycles. The summed E-state index contributed by atoms with van der Waals surface area (Å²) < 4.78 is 38.5. The van der Waals surface area contributed by atoms with Crippen molar-refractivity contribution in [2.75, 3.05) is 5.32 Å². The number of amides is 3. The summed E-state index contributed by atoms with van der Waals surface area (Å²) in [7, 11) is 0. The number of nitrogens with zero attached hydrogens (tertiary/aromatic N) is 1. The number of urea groups is 1. The standard InChI is InChI=1S/C14H8Cl2F3N3O2/c15-8-4-1-5-9(16)10(8)12(23)22-13(24)21-11-7(14(17,18)19)3-2-6-20-11/h1-6H,(H2,20,21,22,23,24). The molecule has 126 valence electrons. The summed E-state index contributed by atoms with van der Waals surface area (Å²) in [5, 5.41) is 3.68. The molecular weight excluding hydrogens is 370 g/mol. The van der Waals surface area contributed by atoms with Gasteiger partial charge in [-0.15, -0.1) is 0 Å². The quantitative estimate of drug-likeness (QED) is 0.816. The van der Waals surface area contributed by atoms with Gasteiger partial charge in [0.2, 0.25) is 0 Å². The van der Waals surface area contributed by atoms with Crippen LogP contribution in [0.15, 0.2) is 36.5 Å². The minimum Gasteiger partial charge on any atom is -0.291 e. The Morgan fingerprint density at radius 3 is 2.25 bits per heavy atom. The highest BCUT2D eigenvalue weighted by molar-refractivity contribution is 6.40. The lowest BCUT2D eigenvalue weighted by Gasteiger charge is -2.13. The number of hydrogen-bond donors (Lipinski definition) is 2. The van der Waals surface area contributed by atoms with Gasteiger partial charge in [0.25, 0.3) is 5.91 Å². The van der Waals surface area contributed by atoms with Gasteiger partial charge in [0.15, 0.2) is 0 Å². The Kier molecular flexibility index (Phi) is 5.30. The van der Waals surface area contributed by atoms with Crippen LogP contribution in [0.2, 0.25) is 10.0 Å². The largest absolute Gasteiger partial charge is 0.419 e. The molecular formula is C14H8Cl2F3N3O2. The lowest BCUT2D eigenvalue weighted by Crippen LogP contribution is -2.35. The first-order valence-corrected chi connectivity index (χ1v) is 7.04. The van der Waals surface area contributed by atoms with Crippen LogP contribution in [0.25, 0.3) is 0 Å². The van der Waals surface area contributed by atoms with Crippen LogP contribution in [-0.4, -0.2) is 16.9 Å². The van der Waals surface area contributed by atoms with Crippen LogP contribution in [0, 0.1) is 0 Å². The summed E-state index contributed by atoms with van der Waals surface area (Å²) in [5.74, 6) is -1.70. The smallest absolute Gasteiger partial charge is 0.291 e. The highest BCUT2D eigenvalue weighted by Gasteiger charge is 2.34. The molecule has 0 atom stereocenters. The summed E-state index contributed by atoms with van der Waals surface area (Å²) in [6.45, 7) is 0. The number of pyridine rings is 1. The molecule has 0 spiro atoms. The average molecular weight is 378 g/mol. The maximum Gasteiger partial charge on any atom is 0.419 e. The Morgan fingerprint density at radius 1 is 1.04 bits per heavy atom. The van der Waals surface area contributed by atoms with Crippen LogP contribution < -0.4 is 10.6 Å². The van der Waals surface area contributed by atoms with Crippen molar-refractivity contribution in [3.8, 4) is 0 Å². The first kappa shape index (κ1) is 18.0. The Balaban J connectivity index is 2.17. The Morgan fingerprint density at radius 2 is 1.67 bits per heavy atom. The topological polar surface area (TPSA) is 71.1 Å². The summed E-state index contributed by atoms with van der Waals surface area (Å²) >= 11 is 11.6. The van der Waals surface area contributed by atoms with Crippen molar-refractivity contribution in [3.05, 3.63) is 57.7 Å². The molecule has 1 heterocycles. The minimum absolute atomic E-state index is 0.0124. The number of anilines is 1. The number of carbonyl (C=O) groups is 2. The summed E-state index contributed by atoms with van der Waals surface area (Å²) in [6, 6.07) is 4.85. The summed E-state index contributed by atoms with van der Waals surface area (Å²) in [6.07, 6.45) is -3.65. The third-order valence-corrected chi connectivity index (χ3v) is 3.39. The predicted molar refractivity (Wildman–Crippen MR) is 82.2 cm³/mol. The minimum atomic E-state index is -4.72. The van der Waals surface area contributed by atoms with Crippen LogP contribution in [0.4, 0.5) is 23.8 Å². The molecule has 0 saturated heterocycles. The fourth-order valence-corrected chi connectivity index (χ4v) is 2.32. The van der Waals surface area contributed by atoms with Gasteiger partial charge in [-0.05, 0) is 24.3 Å². The number of alkyl halides is 3. The van der Waals surface area contributed by atoms with Gasteiger partial charge in [0.05, 0.1) is 21.2 Å². The van der Waals surface area contributed by atoms with E-state index in [4.69, 9.17) is 23.2 Å². The zero-order chi connectivity index (χ0) is 17.9. The Hall–Kier alpha value is -2.32. The number of benzene rings is 1. The van der Waals surface area contributed by atoms with Crippen molar-refractivity contribution < 1.29 is 22.8 Å². The van der Waals surface area contributed by atoms with E-state index < -0.39 is 29.5 Å². The van der Waals surface area contributed by atoms with Gasteiger partial charge in [-0.3, -0.25) is 15.4 Å². The van der Waals surface area contributed by atoms with E-state index in [1.807, 2.05) is 10.6 Å². The van der Waals surface area contributed by atoms with Gasteiger partial charge >= 0.3 is 12.2 Å². The molecule has 0 aliphatic carbocycles. The van der Waals surface area contributed by atoms with E-state index in [1.54, 1.807) is 0 Å². The first-order chi connectivity index (χ1) is 11.2. The van der Waals surface area contributed by atoms with E-state index in [1.165, 1.54) is 18.2 Å². The van der Waals surface area contributed by atoms with E-state index >= 15 is 0 Å². The number of nitrogens with one attached hydrogen (secondary N) is 2. The second-order valence-electron chi connectivity index (χ2n) is 4.40. The van der Waals surface area contributed by atoms with E-state index in [0.29, 0.717) is 0 Å².